The molecule has 7 atom stereocenters. The van der Waals surface area contributed by atoms with Gasteiger partial charge in [-0.2, -0.15) is 8.42 Å². The van der Waals surface area contributed by atoms with Crippen LogP contribution in [-0.4, -0.2) is 95.4 Å². The van der Waals surface area contributed by atoms with Crippen molar-refractivity contribution in [3.8, 4) is 0 Å². The Morgan fingerprint density at radius 1 is 0.722 bits per heavy atom. The van der Waals surface area contributed by atoms with E-state index < -0.39 is 59.9 Å². The number of ether oxygens (including phenoxy) is 2. The monoisotopic (exact) mass is 792 g/mol. The van der Waals surface area contributed by atoms with Gasteiger partial charge in [0.05, 0.1) is 25.4 Å². The highest BCUT2D eigenvalue weighted by Gasteiger charge is 2.48. The lowest BCUT2D eigenvalue weighted by Crippen LogP contribution is -2.61. The van der Waals surface area contributed by atoms with E-state index in [4.69, 9.17) is 14.0 Å². The van der Waals surface area contributed by atoms with Gasteiger partial charge in [0.15, 0.2) is 6.29 Å². The van der Waals surface area contributed by atoms with Gasteiger partial charge in [-0.15, -0.1) is 0 Å². The van der Waals surface area contributed by atoms with Crippen molar-refractivity contribution in [2.45, 2.75) is 217 Å². The Kier molecular flexibility index (Phi) is 30.6. The summed E-state index contributed by atoms with van der Waals surface area (Å²) in [6.45, 7) is 3.31. The maximum Gasteiger partial charge on any atom is 0.397 e. The summed E-state index contributed by atoms with van der Waals surface area (Å²) in [6, 6.07) is -0.945. The minimum atomic E-state index is -5.08. The third-order valence-corrected chi connectivity index (χ3v) is 10.4. The minimum absolute atomic E-state index is 0.254. The standard InChI is InChI=1S/C41H77NO11S/c1-3-5-7-9-11-13-15-16-17-18-19-20-21-22-24-26-28-30-35(44)34(42-37(45)31-29-27-25-23-14-12-10-8-6-4-2)33-51-41-39(47)40(53-54(48,49)50)38(46)36(32-43)52-41/h10,12,28,30,34-36,38-41,43-44,46-47H,3-9,11,13-27,29,31-33H2,1-2H3,(H,42,45)(H,48,49,50)/b12-10-,30-28+. The summed E-state index contributed by atoms with van der Waals surface area (Å²) >= 11 is 0. The lowest BCUT2D eigenvalue weighted by atomic mass is 9.99. The van der Waals surface area contributed by atoms with Gasteiger partial charge in [-0.1, -0.05) is 154 Å². The van der Waals surface area contributed by atoms with Crippen molar-refractivity contribution in [3.05, 3.63) is 24.3 Å². The van der Waals surface area contributed by atoms with E-state index >= 15 is 0 Å². The quantitative estimate of drug-likeness (QED) is 0.0213. The zero-order valence-electron chi connectivity index (χ0n) is 33.5. The Balaban J connectivity index is 2.57. The number of aliphatic hydroxyl groups is 4. The number of carbonyl (C=O) groups excluding carboxylic acids is 1. The molecule has 1 rings (SSSR count). The molecule has 0 bridgehead atoms. The van der Waals surface area contributed by atoms with Gasteiger partial charge < -0.3 is 35.2 Å². The first kappa shape index (κ1) is 50.6. The van der Waals surface area contributed by atoms with Crippen LogP contribution in [0.2, 0.25) is 0 Å². The summed E-state index contributed by atoms with van der Waals surface area (Å²) in [5.41, 5.74) is 0. The fourth-order valence-corrected chi connectivity index (χ4v) is 7.12. The van der Waals surface area contributed by atoms with E-state index in [0.717, 1.165) is 51.4 Å². The molecule has 0 saturated carbocycles. The molecule has 0 spiro atoms. The molecule has 54 heavy (non-hydrogen) atoms. The molecular weight excluding hydrogens is 715 g/mol. The normalized spacial score (nSPS) is 21.9. The summed E-state index contributed by atoms with van der Waals surface area (Å²) < 4.78 is 47.4. The fourth-order valence-electron chi connectivity index (χ4n) is 6.61. The molecule has 1 aliphatic rings. The van der Waals surface area contributed by atoms with Gasteiger partial charge >= 0.3 is 10.4 Å². The molecule has 318 valence electrons. The number of unbranched alkanes of at least 4 members (excludes halogenated alkanes) is 21. The molecule has 0 aromatic rings. The number of carbonyl (C=O) groups is 1. The molecule has 1 saturated heterocycles. The number of rotatable bonds is 35. The molecule has 1 aliphatic heterocycles. The lowest BCUT2D eigenvalue weighted by molar-refractivity contribution is -0.298. The molecule has 0 aliphatic carbocycles. The van der Waals surface area contributed by atoms with Crippen LogP contribution >= 0.6 is 0 Å². The van der Waals surface area contributed by atoms with E-state index in [-0.39, 0.29) is 18.9 Å². The van der Waals surface area contributed by atoms with E-state index in [1.165, 1.54) is 96.3 Å². The van der Waals surface area contributed by atoms with Crippen LogP contribution in [0.4, 0.5) is 0 Å². The highest BCUT2D eigenvalue weighted by Crippen LogP contribution is 2.26. The predicted molar refractivity (Wildman–Crippen MR) is 213 cm³/mol. The van der Waals surface area contributed by atoms with Crippen molar-refractivity contribution >= 4 is 16.3 Å². The minimum Gasteiger partial charge on any atom is -0.394 e. The summed E-state index contributed by atoms with van der Waals surface area (Å²) in [5, 5.41) is 44.5. The van der Waals surface area contributed by atoms with Crippen LogP contribution in [0.15, 0.2) is 24.3 Å². The van der Waals surface area contributed by atoms with Crippen LogP contribution in [-0.2, 0) is 28.9 Å². The second-order valence-electron chi connectivity index (χ2n) is 14.9. The maximum absolute atomic E-state index is 12.9. The van der Waals surface area contributed by atoms with Crippen molar-refractivity contribution in [2.75, 3.05) is 13.2 Å². The predicted octanol–water partition coefficient (Wildman–Crippen LogP) is 7.38. The molecule has 1 heterocycles. The smallest absolute Gasteiger partial charge is 0.394 e. The molecular formula is C41H77NO11S. The largest absolute Gasteiger partial charge is 0.397 e. The van der Waals surface area contributed by atoms with Crippen molar-refractivity contribution in [3.63, 3.8) is 0 Å². The summed E-state index contributed by atoms with van der Waals surface area (Å²) in [6.07, 6.45) is 26.6. The number of hydrogen-bond acceptors (Lipinski definition) is 10. The van der Waals surface area contributed by atoms with Crippen LogP contribution in [0.25, 0.3) is 0 Å². The van der Waals surface area contributed by atoms with E-state index in [0.29, 0.717) is 6.42 Å². The molecule has 1 fully saturated rings. The number of nitrogens with one attached hydrogen (secondary N) is 1. The summed E-state index contributed by atoms with van der Waals surface area (Å²) in [5.74, 6) is -0.278. The highest BCUT2D eigenvalue weighted by atomic mass is 32.3. The molecule has 0 aromatic carbocycles. The zero-order valence-corrected chi connectivity index (χ0v) is 34.4. The molecule has 12 nitrogen and oxygen atoms in total. The third kappa shape index (κ3) is 25.7. The van der Waals surface area contributed by atoms with Gasteiger partial charge in [0.2, 0.25) is 5.91 Å². The topological polar surface area (TPSA) is 192 Å². The average Bonchev–Trinajstić information content (AvgIpc) is 3.14. The fraction of sp³-hybridized carbons (Fsp3) is 0.878. The molecule has 1 amide bonds. The Morgan fingerprint density at radius 3 is 1.72 bits per heavy atom. The first-order chi connectivity index (χ1) is 26.0. The molecule has 6 N–H and O–H groups in total. The summed E-state index contributed by atoms with van der Waals surface area (Å²) in [4.78, 5) is 12.9. The average molecular weight is 792 g/mol. The van der Waals surface area contributed by atoms with Crippen LogP contribution in [0.1, 0.15) is 174 Å². The Hall–Kier alpha value is -1.42. The number of aliphatic hydroxyl groups excluding tert-OH is 4. The third-order valence-electron chi connectivity index (χ3n) is 9.98. The molecule has 7 unspecified atom stereocenters. The van der Waals surface area contributed by atoms with Crippen LogP contribution in [0.3, 0.4) is 0 Å². The SMILES string of the molecule is CCCC/C=C\CCCCCCC(=O)NC(COC1OC(CO)C(O)C(OS(=O)(=O)O)C1O)C(O)/C=C/CCCCCCCCCCCCCCCCC. The second kappa shape index (κ2) is 32.6. The number of amides is 1. The number of allylic oxidation sites excluding steroid dienone is 3. The van der Waals surface area contributed by atoms with Crippen molar-refractivity contribution in [1.82, 2.24) is 5.32 Å². The van der Waals surface area contributed by atoms with Gasteiger partial charge in [0.1, 0.15) is 24.4 Å². The number of hydrogen-bond donors (Lipinski definition) is 6. The van der Waals surface area contributed by atoms with E-state index in [1.54, 1.807) is 6.08 Å². The highest BCUT2D eigenvalue weighted by molar-refractivity contribution is 7.80. The van der Waals surface area contributed by atoms with Gasteiger partial charge in [0.25, 0.3) is 0 Å². The van der Waals surface area contributed by atoms with Crippen LogP contribution in [0.5, 0.6) is 0 Å². The van der Waals surface area contributed by atoms with E-state index in [1.807, 2.05) is 6.08 Å². The lowest BCUT2D eigenvalue weighted by Gasteiger charge is -2.41. The van der Waals surface area contributed by atoms with Gasteiger partial charge in [0, 0.05) is 6.42 Å². The molecule has 13 heteroatoms. The van der Waals surface area contributed by atoms with Gasteiger partial charge in [-0.3, -0.25) is 9.35 Å². The molecule has 0 radical (unpaired) electrons. The Bertz CT molecular complexity index is 1070. The maximum atomic E-state index is 12.9. The Morgan fingerprint density at radius 2 is 1.20 bits per heavy atom. The van der Waals surface area contributed by atoms with Gasteiger partial charge in [-0.25, -0.2) is 4.18 Å². The summed E-state index contributed by atoms with van der Waals surface area (Å²) in [7, 11) is -5.08. The van der Waals surface area contributed by atoms with Crippen molar-refractivity contribution in [1.29, 1.82) is 0 Å². The molecule has 0 aromatic heterocycles. The second-order valence-corrected chi connectivity index (χ2v) is 16.0. The van der Waals surface area contributed by atoms with Crippen LogP contribution < -0.4 is 5.32 Å². The first-order valence-corrected chi connectivity index (χ1v) is 22.6. The Labute approximate surface area is 327 Å². The van der Waals surface area contributed by atoms with Crippen molar-refractivity contribution in [2.24, 2.45) is 0 Å². The van der Waals surface area contributed by atoms with Gasteiger partial charge in [-0.05, 0) is 38.5 Å². The zero-order chi connectivity index (χ0) is 39.9. The van der Waals surface area contributed by atoms with E-state index in [2.05, 4.69) is 35.5 Å². The van der Waals surface area contributed by atoms with E-state index in [9.17, 15) is 33.6 Å². The van der Waals surface area contributed by atoms with Crippen molar-refractivity contribution < 1.29 is 51.8 Å². The van der Waals surface area contributed by atoms with Crippen LogP contribution in [0, 0.1) is 0 Å². The first-order valence-electron chi connectivity index (χ1n) is 21.2.